The highest BCUT2D eigenvalue weighted by atomic mass is 16.5. The number of fused-ring (bicyclic) bond motifs is 1. The van der Waals surface area contributed by atoms with Crippen molar-refractivity contribution in [3.8, 4) is 17.1 Å². The molecule has 0 aromatic carbocycles. The molecular weight excluding hydrogens is 310 g/mol. The van der Waals surface area contributed by atoms with E-state index in [1.807, 2.05) is 0 Å². The Bertz CT molecular complexity index is 886. The average Bonchev–Trinajstić information content (AvgIpc) is 3.01. The Balaban J connectivity index is 1.92. The molecule has 1 amide bonds. The molecule has 0 saturated heterocycles. The summed E-state index contributed by atoms with van der Waals surface area (Å²) in [5, 5.41) is 8.74. The summed E-state index contributed by atoms with van der Waals surface area (Å²) in [7, 11) is 0. The first kappa shape index (κ1) is 15.6. The van der Waals surface area contributed by atoms with Crippen molar-refractivity contribution >= 4 is 23.1 Å². The fourth-order valence-corrected chi connectivity index (χ4v) is 2.12. The van der Waals surface area contributed by atoms with E-state index >= 15 is 0 Å². The summed E-state index contributed by atoms with van der Waals surface area (Å²) >= 11 is 0. The predicted molar refractivity (Wildman–Crippen MR) is 87.9 cm³/mol. The third-order valence-corrected chi connectivity index (χ3v) is 3.21. The van der Waals surface area contributed by atoms with Gasteiger partial charge >= 0.3 is 0 Å². The maximum absolute atomic E-state index is 10.9. The monoisotopic (exact) mass is 325 g/mol. The van der Waals surface area contributed by atoms with Gasteiger partial charge in [0.15, 0.2) is 5.65 Å². The molecule has 8 heteroatoms. The number of nitrogens with two attached hydrogens (primary N) is 1. The van der Waals surface area contributed by atoms with Gasteiger partial charge in [0.2, 0.25) is 11.8 Å². The molecule has 0 bridgehead atoms. The van der Waals surface area contributed by atoms with Crippen molar-refractivity contribution in [1.29, 1.82) is 0 Å². The van der Waals surface area contributed by atoms with Crippen molar-refractivity contribution in [2.24, 2.45) is 5.73 Å². The number of nitrogens with one attached hydrogen (secondary N) is 1. The van der Waals surface area contributed by atoms with E-state index in [1.54, 1.807) is 36.8 Å². The Morgan fingerprint density at radius 3 is 2.92 bits per heavy atom. The van der Waals surface area contributed by atoms with Crippen LogP contribution in [-0.2, 0) is 4.79 Å². The van der Waals surface area contributed by atoms with Crippen LogP contribution in [0.25, 0.3) is 28.5 Å². The summed E-state index contributed by atoms with van der Waals surface area (Å²) in [5.74, 6) is -0.107. The molecule has 0 fully saturated rings. The molecule has 0 aliphatic heterocycles. The van der Waals surface area contributed by atoms with E-state index in [2.05, 4.69) is 19.9 Å². The number of carbonyl (C=O) groups is 1. The number of rotatable bonds is 6. The molecule has 0 radical (unpaired) electrons. The minimum atomic E-state index is -0.531. The summed E-state index contributed by atoms with van der Waals surface area (Å²) in [6.07, 6.45) is 7.81. The summed E-state index contributed by atoms with van der Waals surface area (Å²) in [5.41, 5.74) is 8.48. The van der Waals surface area contributed by atoms with Crippen LogP contribution in [0.5, 0.6) is 5.88 Å². The van der Waals surface area contributed by atoms with Crippen molar-refractivity contribution in [2.75, 3.05) is 13.2 Å². The Morgan fingerprint density at radius 1 is 1.33 bits per heavy atom. The quantitative estimate of drug-likeness (QED) is 0.578. The summed E-state index contributed by atoms with van der Waals surface area (Å²) in [6, 6.07) is 3.50. The zero-order valence-corrected chi connectivity index (χ0v) is 12.6. The molecule has 24 heavy (non-hydrogen) atoms. The number of aromatic amines is 1. The van der Waals surface area contributed by atoms with Gasteiger partial charge in [0.25, 0.3) is 0 Å². The maximum Gasteiger partial charge on any atom is 0.241 e. The van der Waals surface area contributed by atoms with E-state index in [4.69, 9.17) is 15.6 Å². The zero-order valence-electron chi connectivity index (χ0n) is 12.6. The van der Waals surface area contributed by atoms with Crippen molar-refractivity contribution in [1.82, 2.24) is 19.9 Å². The maximum atomic E-state index is 10.9. The van der Waals surface area contributed by atoms with Gasteiger partial charge in [-0.3, -0.25) is 4.79 Å². The average molecular weight is 325 g/mol. The molecule has 4 N–H and O–H groups in total. The van der Waals surface area contributed by atoms with Crippen molar-refractivity contribution in [3.05, 3.63) is 42.4 Å². The lowest BCUT2D eigenvalue weighted by atomic mass is 10.2. The normalized spacial score (nSPS) is 11.2. The number of aliphatic hydroxyl groups is 1. The summed E-state index contributed by atoms with van der Waals surface area (Å²) < 4.78 is 5.22. The lowest BCUT2D eigenvalue weighted by Crippen LogP contribution is -2.05. The first-order chi connectivity index (χ1) is 11.7. The highest BCUT2D eigenvalue weighted by molar-refractivity contribution is 5.93. The van der Waals surface area contributed by atoms with Crippen LogP contribution in [0.4, 0.5) is 0 Å². The van der Waals surface area contributed by atoms with Crippen LogP contribution in [0, 0.1) is 0 Å². The molecule has 0 saturated carbocycles. The fraction of sp³-hybridized carbons (Fsp3) is 0.125. The molecule has 0 aliphatic carbocycles. The number of ether oxygens (including phenoxy) is 1. The smallest absolute Gasteiger partial charge is 0.241 e. The Labute approximate surface area is 137 Å². The van der Waals surface area contributed by atoms with E-state index in [0.29, 0.717) is 28.3 Å². The topological polar surface area (TPSA) is 127 Å². The van der Waals surface area contributed by atoms with Gasteiger partial charge < -0.3 is 20.6 Å². The second-order valence-electron chi connectivity index (χ2n) is 4.89. The first-order valence-corrected chi connectivity index (χ1v) is 7.19. The molecule has 0 unspecified atom stereocenters. The minimum absolute atomic E-state index is 0.0688. The zero-order chi connectivity index (χ0) is 16.9. The number of nitrogens with zero attached hydrogens (tertiary/aromatic N) is 3. The lowest BCUT2D eigenvalue weighted by Gasteiger charge is -2.04. The minimum Gasteiger partial charge on any atom is -0.475 e. The van der Waals surface area contributed by atoms with E-state index in [0.717, 1.165) is 5.56 Å². The third kappa shape index (κ3) is 3.39. The first-order valence-electron chi connectivity index (χ1n) is 7.19. The van der Waals surface area contributed by atoms with Crippen LogP contribution >= 0.6 is 0 Å². The van der Waals surface area contributed by atoms with Crippen LogP contribution in [-0.4, -0.2) is 44.2 Å². The van der Waals surface area contributed by atoms with Gasteiger partial charge in [0.05, 0.1) is 18.5 Å². The number of hydrogen-bond acceptors (Lipinski definition) is 6. The summed E-state index contributed by atoms with van der Waals surface area (Å²) in [6.45, 7) is 0.123. The van der Waals surface area contributed by atoms with E-state index < -0.39 is 5.91 Å². The van der Waals surface area contributed by atoms with Gasteiger partial charge in [0, 0.05) is 35.7 Å². The van der Waals surface area contributed by atoms with Crippen LogP contribution in [0.3, 0.4) is 0 Å². The van der Waals surface area contributed by atoms with Gasteiger partial charge in [-0.2, -0.15) is 0 Å². The van der Waals surface area contributed by atoms with Gasteiger partial charge in [-0.25, -0.2) is 15.0 Å². The molecule has 3 aromatic heterocycles. The van der Waals surface area contributed by atoms with Crippen molar-refractivity contribution in [2.45, 2.75) is 0 Å². The number of primary amides is 1. The molecule has 8 nitrogen and oxygen atoms in total. The van der Waals surface area contributed by atoms with Gasteiger partial charge in [0.1, 0.15) is 12.1 Å². The largest absolute Gasteiger partial charge is 0.475 e. The van der Waals surface area contributed by atoms with Crippen molar-refractivity contribution < 1.29 is 14.6 Å². The number of aliphatic hydroxyl groups excluding tert-OH is 1. The van der Waals surface area contributed by atoms with Crippen molar-refractivity contribution in [3.63, 3.8) is 0 Å². The van der Waals surface area contributed by atoms with Crippen LogP contribution in [0.2, 0.25) is 0 Å². The van der Waals surface area contributed by atoms with Crippen LogP contribution in [0.1, 0.15) is 5.56 Å². The molecule has 0 spiro atoms. The Morgan fingerprint density at radius 2 is 2.21 bits per heavy atom. The van der Waals surface area contributed by atoms with Crippen LogP contribution < -0.4 is 10.5 Å². The molecule has 3 heterocycles. The third-order valence-electron chi connectivity index (χ3n) is 3.21. The second kappa shape index (κ2) is 6.88. The number of amides is 1. The number of pyridine rings is 1. The molecule has 3 aromatic rings. The number of H-pyrrole nitrogens is 1. The van der Waals surface area contributed by atoms with Gasteiger partial charge in [-0.1, -0.05) is 0 Å². The van der Waals surface area contributed by atoms with Crippen LogP contribution in [0.15, 0.2) is 36.8 Å². The number of hydrogen-bond donors (Lipinski definition) is 3. The molecule has 122 valence electrons. The summed E-state index contributed by atoms with van der Waals surface area (Å²) in [4.78, 5) is 26.9. The Kier molecular flexibility index (Phi) is 4.48. The second-order valence-corrected chi connectivity index (χ2v) is 4.89. The molecule has 0 atom stereocenters. The molecule has 0 aliphatic rings. The Hall–Kier alpha value is -3.26. The number of aromatic nitrogens is 4. The van der Waals surface area contributed by atoms with E-state index in [-0.39, 0.29) is 13.2 Å². The highest BCUT2D eigenvalue weighted by Crippen LogP contribution is 2.22. The molecule has 3 rings (SSSR count). The fourth-order valence-electron chi connectivity index (χ4n) is 2.12. The number of carbonyl (C=O) groups excluding carboxylic acids is 1. The highest BCUT2D eigenvalue weighted by Gasteiger charge is 2.08. The van der Waals surface area contributed by atoms with Gasteiger partial charge in [-0.05, 0) is 12.1 Å². The SMILES string of the molecule is NC(=O)/C=C/c1c[nH]c2ncc(-c3ccc(OCCO)nc3)nc12. The van der Waals surface area contributed by atoms with Gasteiger partial charge in [-0.15, -0.1) is 0 Å². The standard InChI is InChI=1S/C16H15N5O3/c17-13(23)3-1-11-8-19-16-15(11)21-12(9-20-16)10-2-4-14(18-7-10)24-6-5-22/h1-4,7-9,22H,5-6H2,(H2,17,23)(H,19,20)/b3-1+. The predicted octanol–water partition coefficient (Wildman–Crippen LogP) is 0.890. The lowest BCUT2D eigenvalue weighted by molar-refractivity contribution is -0.113. The van der Waals surface area contributed by atoms with E-state index in [1.165, 1.54) is 6.08 Å². The molecular formula is C16H15N5O3. The van der Waals surface area contributed by atoms with E-state index in [9.17, 15) is 4.79 Å².